The zero-order chi connectivity index (χ0) is 14.4. The molecule has 110 valence electrons. The molecule has 1 aromatic heterocycles. The van der Waals surface area contributed by atoms with Crippen molar-refractivity contribution in [2.24, 2.45) is 5.92 Å². The molecule has 1 amide bonds. The fraction of sp³-hybridized carbons (Fsp3) is 0.571. The first kappa shape index (κ1) is 14.6. The van der Waals surface area contributed by atoms with Crippen LogP contribution in [0.3, 0.4) is 0 Å². The van der Waals surface area contributed by atoms with Gasteiger partial charge in [0.25, 0.3) is 5.91 Å². The van der Waals surface area contributed by atoms with Crippen LogP contribution >= 0.6 is 0 Å². The second kappa shape index (κ2) is 7.09. The van der Waals surface area contributed by atoms with Gasteiger partial charge in [-0.3, -0.25) is 9.59 Å². The SMILES string of the molecule is O=C(O)Cn1cccc1C(=O)NCCCOCC1CC1. The molecule has 20 heavy (non-hydrogen) atoms. The number of nitrogens with one attached hydrogen (secondary N) is 1. The van der Waals surface area contributed by atoms with Gasteiger partial charge in [0.15, 0.2) is 0 Å². The molecule has 2 rings (SSSR count). The van der Waals surface area contributed by atoms with E-state index in [-0.39, 0.29) is 12.5 Å². The molecular weight excluding hydrogens is 260 g/mol. The molecule has 0 spiro atoms. The highest BCUT2D eigenvalue weighted by molar-refractivity contribution is 5.93. The lowest BCUT2D eigenvalue weighted by Gasteiger charge is -2.08. The molecule has 6 nitrogen and oxygen atoms in total. The number of amides is 1. The molecule has 0 unspecified atom stereocenters. The van der Waals surface area contributed by atoms with Gasteiger partial charge in [-0.25, -0.2) is 0 Å². The van der Waals surface area contributed by atoms with E-state index in [4.69, 9.17) is 9.84 Å². The molecule has 1 aliphatic carbocycles. The molecule has 6 heteroatoms. The Morgan fingerprint density at radius 3 is 2.95 bits per heavy atom. The maximum atomic E-state index is 11.9. The lowest BCUT2D eigenvalue weighted by atomic mass is 10.3. The highest BCUT2D eigenvalue weighted by atomic mass is 16.5. The van der Waals surface area contributed by atoms with Crippen molar-refractivity contribution in [3.05, 3.63) is 24.0 Å². The maximum absolute atomic E-state index is 11.9. The van der Waals surface area contributed by atoms with Gasteiger partial charge in [0.2, 0.25) is 0 Å². The van der Waals surface area contributed by atoms with Crippen LogP contribution in [0.15, 0.2) is 18.3 Å². The Morgan fingerprint density at radius 1 is 1.45 bits per heavy atom. The van der Waals surface area contributed by atoms with Gasteiger partial charge >= 0.3 is 5.97 Å². The van der Waals surface area contributed by atoms with Gasteiger partial charge in [-0.2, -0.15) is 0 Å². The van der Waals surface area contributed by atoms with Crippen LogP contribution in [0.25, 0.3) is 0 Å². The molecule has 0 saturated heterocycles. The zero-order valence-corrected chi connectivity index (χ0v) is 11.4. The number of carbonyl (C=O) groups excluding carboxylic acids is 1. The van der Waals surface area contributed by atoms with Crippen LogP contribution in [-0.2, 0) is 16.1 Å². The average molecular weight is 280 g/mol. The molecule has 1 saturated carbocycles. The van der Waals surface area contributed by atoms with E-state index in [9.17, 15) is 9.59 Å². The fourth-order valence-corrected chi connectivity index (χ4v) is 1.91. The van der Waals surface area contributed by atoms with Gasteiger partial charge in [-0.15, -0.1) is 0 Å². The number of hydrogen-bond acceptors (Lipinski definition) is 3. The lowest BCUT2D eigenvalue weighted by molar-refractivity contribution is -0.137. The number of carbonyl (C=O) groups is 2. The number of ether oxygens (including phenoxy) is 1. The minimum Gasteiger partial charge on any atom is -0.480 e. The Hall–Kier alpha value is -1.82. The zero-order valence-electron chi connectivity index (χ0n) is 11.4. The summed E-state index contributed by atoms with van der Waals surface area (Å²) in [6, 6.07) is 3.28. The van der Waals surface area contributed by atoms with Crippen LogP contribution in [0.5, 0.6) is 0 Å². The number of aliphatic carboxylic acids is 1. The van der Waals surface area contributed by atoms with E-state index in [1.54, 1.807) is 18.3 Å². The summed E-state index contributed by atoms with van der Waals surface area (Å²) < 4.78 is 6.89. The Bertz CT molecular complexity index is 465. The number of aromatic nitrogens is 1. The van der Waals surface area contributed by atoms with Crippen molar-refractivity contribution in [2.75, 3.05) is 19.8 Å². The number of rotatable bonds is 9. The van der Waals surface area contributed by atoms with Crippen LogP contribution < -0.4 is 5.32 Å². The normalized spacial score (nSPS) is 14.2. The summed E-state index contributed by atoms with van der Waals surface area (Å²) in [6.07, 6.45) is 4.90. The van der Waals surface area contributed by atoms with Crippen molar-refractivity contribution in [1.29, 1.82) is 0 Å². The first-order valence-electron chi connectivity index (χ1n) is 6.89. The van der Waals surface area contributed by atoms with Gasteiger partial charge in [0.1, 0.15) is 12.2 Å². The van der Waals surface area contributed by atoms with Gasteiger partial charge in [-0.05, 0) is 37.3 Å². The van der Waals surface area contributed by atoms with Crippen LogP contribution in [0.2, 0.25) is 0 Å². The summed E-state index contributed by atoms with van der Waals surface area (Å²) in [5.41, 5.74) is 0.367. The summed E-state index contributed by atoms with van der Waals surface area (Å²) in [7, 11) is 0. The van der Waals surface area contributed by atoms with Crippen LogP contribution in [0.4, 0.5) is 0 Å². The molecule has 1 heterocycles. The average Bonchev–Trinajstić information content (AvgIpc) is 3.11. The molecule has 0 aromatic carbocycles. The second-order valence-corrected chi connectivity index (χ2v) is 5.04. The van der Waals surface area contributed by atoms with E-state index in [0.717, 1.165) is 18.9 Å². The number of nitrogens with zero attached hydrogens (tertiary/aromatic N) is 1. The van der Waals surface area contributed by atoms with Crippen molar-refractivity contribution >= 4 is 11.9 Å². The molecule has 0 bridgehead atoms. The molecule has 1 aliphatic rings. The monoisotopic (exact) mass is 280 g/mol. The van der Waals surface area contributed by atoms with Gasteiger partial charge < -0.3 is 19.7 Å². The van der Waals surface area contributed by atoms with E-state index >= 15 is 0 Å². The standard InChI is InChI=1S/C14H20N2O4/c17-13(18)9-16-7-1-3-12(16)14(19)15-6-2-8-20-10-11-4-5-11/h1,3,7,11H,2,4-6,8-10H2,(H,15,19)(H,17,18). The quantitative estimate of drug-likeness (QED) is 0.664. The van der Waals surface area contributed by atoms with Crippen molar-refractivity contribution in [1.82, 2.24) is 9.88 Å². The third-order valence-corrected chi connectivity index (χ3v) is 3.17. The molecule has 0 atom stereocenters. The fourth-order valence-electron chi connectivity index (χ4n) is 1.91. The minimum absolute atomic E-state index is 0.208. The van der Waals surface area contributed by atoms with Gasteiger partial charge in [0.05, 0.1) is 0 Å². The summed E-state index contributed by atoms with van der Waals surface area (Å²) in [4.78, 5) is 22.6. The van der Waals surface area contributed by atoms with E-state index in [2.05, 4.69) is 5.32 Å². The number of carboxylic acids is 1. The predicted octanol–water partition coefficient (Wildman–Crippen LogP) is 1.12. The summed E-state index contributed by atoms with van der Waals surface area (Å²) in [5, 5.41) is 11.5. The van der Waals surface area contributed by atoms with Crippen LogP contribution in [0.1, 0.15) is 29.8 Å². The van der Waals surface area contributed by atoms with Gasteiger partial charge in [0, 0.05) is 26.0 Å². The largest absolute Gasteiger partial charge is 0.480 e. The van der Waals surface area contributed by atoms with Crippen molar-refractivity contribution in [3.8, 4) is 0 Å². The van der Waals surface area contributed by atoms with E-state index in [1.807, 2.05) is 0 Å². The first-order valence-corrected chi connectivity index (χ1v) is 6.89. The third kappa shape index (κ3) is 4.70. The predicted molar refractivity (Wildman–Crippen MR) is 72.6 cm³/mol. The minimum atomic E-state index is -0.969. The summed E-state index contributed by atoms with van der Waals surface area (Å²) in [5.74, 6) is -0.467. The van der Waals surface area contributed by atoms with Crippen molar-refractivity contribution in [2.45, 2.75) is 25.8 Å². The van der Waals surface area contributed by atoms with Crippen molar-refractivity contribution in [3.63, 3.8) is 0 Å². The van der Waals surface area contributed by atoms with Crippen LogP contribution in [0, 0.1) is 5.92 Å². The Labute approximate surface area is 117 Å². The highest BCUT2D eigenvalue weighted by Crippen LogP contribution is 2.28. The van der Waals surface area contributed by atoms with Crippen LogP contribution in [-0.4, -0.2) is 41.3 Å². The van der Waals surface area contributed by atoms with Gasteiger partial charge in [-0.1, -0.05) is 0 Å². The molecule has 1 fully saturated rings. The summed E-state index contributed by atoms with van der Waals surface area (Å²) >= 11 is 0. The third-order valence-electron chi connectivity index (χ3n) is 3.17. The molecule has 0 radical (unpaired) electrons. The Morgan fingerprint density at radius 2 is 2.25 bits per heavy atom. The molecule has 2 N–H and O–H groups in total. The summed E-state index contributed by atoms with van der Waals surface area (Å²) in [6.45, 7) is 1.80. The smallest absolute Gasteiger partial charge is 0.323 e. The second-order valence-electron chi connectivity index (χ2n) is 5.04. The molecular formula is C14H20N2O4. The maximum Gasteiger partial charge on any atom is 0.323 e. The van der Waals surface area contributed by atoms with E-state index in [1.165, 1.54) is 17.4 Å². The number of hydrogen-bond donors (Lipinski definition) is 2. The first-order chi connectivity index (χ1) is 9.66. The molecule has 1 aromatic rings. The highest BCUT2D eigenvalue weighted by Gasteiger charge is 2.20. The van der Waals surface area contributed by atoms with Crippen molar-refractivity contribution < 1.29 is 19.4 Å². The topological polar surface area (TPSA) is 80.6 Å². The lowest BCUT2D eigenvalue weighted by Crippen LogP contribution is -2.28. The van der Waals surface area contributed by atoms with E-state index in [0.29, 0.717) is 18.8 Å². The Kier molecular flexibility index (Phi) is 5.17. The number of carboxylic acid groups (broad SMARTS) is 1. The van der Waals surface area contributed by atoms with E-state index < -0.39 is 5.97 Å². The molecule has 0 aliphatic heterocycles. The Balaban J connectivity index is 1.65.